The molecule has 1 aliphatic heterocycles. The smallest absolute Gasteiger partial charge is 0.169 e. The van der Waals surface area contributed by atoms with Gasteiger partial charge in [-0.05, 0) is 56.7 Å². The van der Waals surface area contributed by atoms with E-state index in [9.17, 15) is 0 Å². The molecule has 2 aliphatic carbocycles. The maximum Gasteiger partial charge on any atom is 0.169 e. The van der Waals surface area contributed by atoms with E-state index in [1.165, 1.54) is 51.5 Å². The summed E-state index contributed by atoms with van der Waals surface area (Å²) in [5, 5.41) is 4.54. The lowest BCUT2D eigenvalue weighted by Crippen LogP contribution is -2.50. The molecular weight excluding hydrogens is 204 g/mol. The molecule has 2 unspecified atom stereocenters. The van der Waals surface area contributed by atoms with Crippen LogP contribution in [0.25, 0.3) is 0 Å². The molecule has 2 saturated carbocycles. The van der Waals surface area contributed by atoms with E-state index in [1.807, 2.05) is 0 Å². The van der Waals surface area contributed by atoms with Crippen LogP contribution in [0, 0.1) is 5.92 Å². The number of likely N-dealkylation sites (tertiary alicyclic amines) is 1. The summed E-state index contributed by atoms with van der Waals surface area (Å²) in [4.78, 5) is 2.49. The Morgan fingerprint density at radius 2 is 1.87 bits per heavy atom. The maximum absolute atomic E-state index is 5.53. The first-order valence-corrected chi connectivity index (χ1v) is 6.82. The summed E-state index contributed by atoms with van der Waals surface area (Å²) >= 11 is 5.53. The van der Waals surface area contributed by atoms with Crippen molar-refractivity contribution in [2.24, 2.45) is 5.92 Å². The Labute approximate surface area is 97.4 Å². The fourth-order valence-electron chi connectivity index (χ4n) is 3.19. The Balaban J connectivity index is 1.64. The van der Waals surface area contributed by atoms with Crippen molar-refractivity contribution in [3.05, 3.63) is 0 Å². The molecule has 2 atom stereocenters. The first-order chi connectivity index (χ1) is 7.34. The largest absolute Gasteiger partial charge is 0.360 e. The molecule has 1 saturated heterocycles. The molecule has 0 aromatic heterocycles. The zero-order valence-corrected chi connectivity index (χ0v) is 10.1. The fraction of sp³-hybridized carbons (Fsp3) is 0.917. The van der Waals surface area contributed by atoms with E-state index >= 15 is 0 Å². The molecule has 84 valence electrons. The van der Waals surface area contributed by atoms with Crippen molar-refractivity contribution in [2.45, 2.75) is 57.0 Å². The molecule has 3 fully saturated rings. The van der Waals surface area contributed by atoms with Crippen LogP contribution in [0.2, 0.25) is 0 Å². The van der Waals surface area contributed by atoms with Gasteiger partial charge >= 0.3 is 0 Å². The van der Waals surface area contributed by atoms with Crippen LogP contribution in [0.15, 0.2) is 0 Å². The van der Waals surface area contributed by atoms with Crippen LogP contribution in [0.5, 0.6) is 0 Å². The normalized spacial score (nSPS) is 35.1. The highest BCUT2D eigenvalue weighted by Gasteiger charge is 2.37. The number of rotatable bonds is 1. The topological polar surface area (TPSA) is 15.3 Å². The Hall–Kier alpha value is -0.310. The van der Waals surface area contributed by atoms with Crippen molar-refractivity contribution in [1.29, 1.82) is 0 Å². The molecule has 3 heteroatoms. The number of hydrogen-bond donors (Lipinski definition) is 1. The van der Waals surface area contributed by atoms with Crippen LogP contribution < -0.4 is 5.32 Å². The van der Waals surface area contributed by atoms with Gasteiger partial charge in [0, 0.05) is 18.6 Å². The maximum atomic E-state index is 5.53. The van der Waals surface area contributed by atoms with Crippen LogP contribution >= 0.6 is 12.2 Å². The minimum atomic E-state index is 0.708. The molecule has 0 aromatic carbocycles. The summed E-state index contributed by atoms with van der Waals surface area (Å²) in [5.74, 6) is 0.942. The molecule has 0 radical (unpaired) electrons. The Morgan fingerprint density at radius 3 is 2.67 bits per heavy atom. The third kappa shape index (κ3) is 1.99. The molecule has 1 heterocycles. The van der Waals surface area contributed by atoms with Gasteiger partial charge in [-0.15, -0.1) is 0 Å². The lowest BCUT2D eigenvalue weighted by Gasteiger charge is -2.39. The average Bonchev–Trinajstić information content (AvgIpc) is 2.93. The number of nitrogens with one attached hydrogen (secondary N) is 1. The predicted octanol–water partition coefficient (Wildman–Crippen LogP) is 2.29. The molecule has 15 heavy (non-hydrogen) atoms. The van der Waals surface area contributed by atoms with Crippen molar-refractivity contribution >= 4 is 17.3 Å². The second-order valence-corrected chi connectivity index (χ2v) is 5.70. The quantitative estimate of drug-likeness (QED) is 0.688. The van der Waals surface area contributed by atoms with Gasteiger partial charge in [0.05, 0.1) is 0 Å². The summed E-state index contributed by atoms with van der Waals surface area (Å²) in [6, 6.07) is 1.48. The first-order valence-electron chi connectivity index (χ1n) is 6.42. The van der Waals surface area contributed by atoms with E-state index in [2.05, 4.69) is 10.2 Å². The standard InChI is InChI=1S/C12H20N2S/c15-12(13-10-6-7-10)14-8-2-4-9-3-1-5-11(9)14/h9-11H,1-8H2,(H,13,15). The van der Waals surface area contributed by atoms with E-state index in [0.717, 1.165) is 17.1 Å². The minimum absolute atomic E-state index is 0.708. The van der Waals surface area contributed by atoms with E-state index in [4.69, 9.17) is 12.2 Å². The van der Waals surface area contributed by atoms with Gasteiger partial charge in [-0.3, -0.25) is 0 Å². The third-order valence-corrected chi connectivity index (χ3v) is 4.51. The highest BCUT2D eigenvalue weighted by atomic mass is 32.1. The Morgan fingerprint density at radius 1 is 1.07 bits per heavy atom. The van der Waals surface area contributed by atoms with E-state index in [1.54, 1.807) is 0 Å². The van der Waals surface area contributed by atoms with Gasteiger partial charge in [-0.25, -0.2) is 0 Å². The van der Waals surface area contributed by atoms with Crippen LogP contribution in [0.1, 0.15) is 44.9 Å². The van der Waals surface area contributed by atoms with Gasteiger partial charge in [0.2, 0.25) is 0 Å². The van der Waals surface area contributed by atoms with Gasteiger partial charge in [0.25, 0.3) is 0 Å². The van der Waals surface area contributed by atoms with Crippen molar-refractivity contribution < 1.29 is 0 Å². The highest BCUT2D eigenvalue weighted by Crippen LogP contribution is 2.37. The number of piperidine rings is 1. The van der Waals surface area contributed by atoms with E-state index < -0.39 is 0 Å². The van der Waals surface area contributed by atoms with Crippen molar-refractivity contribution in [3.63, 3.8) is 0 Å². The minimum Gasteiger partial charge on any atom is -0.360 e. The number of nitrogens with zero attached hydrogens (tertiary/aromatic N) is 1. The van der Waals surface area contributed by atoms with Gasteiger partial charge < -0.3 is 10.2 Å². The van der Waals surface area contributed by atoms with Crippen LogP contribution in [0.4, 0.5) is 0 Å². The lowest BCUT2D eigenvalue weighted by atomic mass is 9.92. The molecule has 3 aliphatic rings. The molecule has 3 rings (SSSR count). The van der Waals surface area contributed by atoms with Crippen LogP contribution in [-0.4, -0.2) is 28.6 Å². The van der Waals surface area contributed by atoms with Gasteiger partial charge in [0.15, 0.2) is 5.11 Å². The van der Waals surface area contributed by atoms with Crippen molar-refractivity contribution in [2.75, 3.05) is 6.54 Å². The van der Waals surface area contributed by atoms with E-state index in [0.29, 0.717) is 6.04 Å². The highest BCUT2D eigenvalue weighted by molar-refractivity contribution is 7.80. The summed E-state index contributed by atoms with van der Waals surface area (Å²) < 4.78 is 0. The molecule has 2 nitrogen and oxygen atoms in total. The monoisotopic (exact) mass is 224 g/mol. The summed E-state index contributed by atoms with van der Waals surface area (Å²) in [6.45, 7) is 1.19. The van der Waals surface area contributed by atoms with Crippen LogP contribution in [-0.2, 0) is 0 Å². The van der Waals surface area contributed by atoms with Crippen molar-refractivity contribution in [3.8, 4) is 0 Å². The zero-order chi connectivity index (χ0) is 10.3. The average molecular weight is 224 g/mol. The predicted molar refractivity (Wildman–Crippen MR) is 65.8 cm³/mol. The molecule has 0 bridgehead atoms. The molecule has 0 aromatic rings. The number of thiocarbonyl (C=S) groups is 1. The zero-order valence-electron chi connectivity index (χ0n) is 9.24. The fourth-order valence-corrected chi connectivity index (χ4v) is 3.58. The second-order valence-electron chi connectivity index (χ2n) is 5.32. The molecule has 0 spiro atoms. The summed E-state index contributed by atoms with van der Waals surface area (Å²) in [6.07, 6.45) is 9.65. The van der Waals surface area contributed by atoms with Gasteiger partial charge in [0.1, 0.15) is 0 Å². The first kappa shape index (κ1) is 9.88. The molecular formula is C12H20N2S. The number of fused-ring (bicyclic) bond motifs is 1. The van der Waals surface area contributed by atoms with Gasteiger partial charge in [-0.2, -0.15) is 0 Å². The van der Waals surface area contributed by atoms with Crippen molar-refractivity contribution in [1.82, 2.24) is 10.2 Å². The summed E-state index contributed by atoms with van der Waals surface area (Å²) in [5.41, 5.74) is 0. The third-order valence-electron chi connectivity index (χ3n) is 4.16. The Kier molecular flexibility index (Phi) is 2.59. The summed E-state index contributed by atoms with van der Waals surface area (Å²) in [7, 11) is 0. The molecule has 1 N–H and O–H groups in total. The second kappa shape index (κ2) is 3.93. The Bertz CT molecular complexity index is 262. The SMILES string of the molecule is S=C(NC1CC1)N1CCCC2CCCC21. The van der Waals surface area contributed by atoms with E-state index in [-0.39, 0.29) is 0 Å². The van der Waals surface area contributed by atoms with Crippen LogP contribution in [0.3, 0.4) is 0 Å². The lowest BCUT2D eigenvalue weighted by molar-refractivity contribution is 0.189. The van der Waals surface area contributed by atoms with Gasteiger partial charge in [-0.1, -0.05) is 6.42 Å². The molecule has 0 amide bonds. The number of hydrogen-bond acceptors (Lipinski definition) is 1.